The average molecular weight is 499 g/mol. The summed E-state index contributed by atoms with van der Waals surface area (Å²) in [6.45, 7) is 0. The van der Waals surface area contributed by atoms with Crippen LogP contribution < -0.4 is 20.2 Å². The molecule has 4 rings (SSSR count). The number of rotatable bonds is 8. The molecule has 0 bridgehead atoms. The number of hydrogen-bond acceptors (Lipinski definition) is 8. The van der Waals surface area contributed by atoms with Gasteiger partial charge >= 0.3 is 0 Å². The highest BCUT2D eigenvalue weighted by Gasteiger charge is 2.17. The van der Waals surface area contributed by atoms with Crippen molar-refractivity contribution < 1.29 is 14.3 Å². The Morgan fingerprint density at radius 1 is 1.09 bits per heavy atom. The fourth-order valence-electron chi connectivity index (χ4n) is 2.92. The number of nitrogens with zero attached hydrogens (tertiary/aromatic N) is 2. The second-order valence-corrected chi connectivity index (χ2v) is 9.00. The molecule has 10 heteroatoms. The summed E-state index contributed by atoms with van der Waals surface area (Å²) in [6, 6.07) is 16.4. The molecular weight excluding hydrogens is 480 g/mol. The van der Waals surface area contributed by atoms with Crippen molar-refractivity contribution in [2.45, 2.75) is 0 Å². The van der Waals surface area contributed by atoms with Gasteiger partial charge in [-0.15, -0.1) is 11.3 Å². The van der Waals surface area contributed by atoms with Crippen LogP contribution >= 0.6 is 34.3 Å². The number of ether oxygens (including phenoxy) is 2. The Hall–Kier alpha value is -3.40. The van der Waals surface area contributed by atoms with E-state index >= 15 is 0 Å². The number of thiophene rings is 1. The van der Waals surface area contributed by atoms with Crippen LogP contribution in [0.5, 0.6) is 11.5 Å². The molecule has 0 saturated heterocycles. The van der Waals surface area contributed by atoms with E-state index in [0.29, 0.717) is 37.2 Å². The molecule has 2 aromatic heterocycles. The Kier molecular flexibility index (Phi) is 7.23. The van der Waals surface area contributed by atoms with E-state index in [1.54, 1.807) is 44.7 Å². The van der Waals surface area contributed by atoms with Crippen molar-refractivity contribution in [1.82, 2.24) is 4.98 Å². The van der Waals surface area contributed by atoms with E-state index in [9.17, 15) is 4.79 Å². The number of aromatic nitrogens is 1. The summed E-state index contributed by atoms with van der Waals surface area (Å²) in [4.78, 5) is 17.9. The van der Waals surface area contributed by atoms with Gasteiger partial charge in [0.1, 0.15) is 10.7 Å². The lowest BCUT2D eigenvalue weighted by Gasteiger charge is -2.07. The van der Waals surface area contributed by atoms with Gasteiger partial charge in [-0.3, -0.25) is 10.2 Å². The highest BCUT2D eigenvalue weighted by atomic mass is 35.5. The van der Waals surface area contributed by atoms with Gasteiger partial charge in [0.05, 0.1) is 25.3 Å². The molecule has 0 aliphatic heterocycles. The first-order valence-corrected chi connectivity index (χ1v) is 11.8. The molecule has 33 heavy (non-hydrogen) atoms. The third-order valence-corrected chi connectivity index (χ3v) is 6.49. The smallest absolute Gasteiger partial charge is 0.266 e. The standard InChI is InChI=1S/C23H19ClN4O3S2/c1-30-17-10-5-14(12-18(17)31-2)13-25-28-23-26-20(15-6-8-16(24)9-7-15)22(33-23)27-21(29)19-4-3-11-32-19/h3-13H,1-2H3,(H,26,28)(H,27,29). The number of carbonyl (C=O) groups is 1. The number of nitrogens with one attached hydrogen (secondary N) is 2. The van der Waals surface area contributed by atoms with Crippen molar-refractivity contribution in [3.63, 3.8) is 0 Å². The first-order valence-electron chi connectivity index (χ1n) is 9.70. The highest BCUT2D eigenvalue weighted by Crippen LogP contribution is 2.37. The van der Waals surface area contributed by atoms with Gasteiger partial charge in [-0.05, 0) is 47.3 Å². The van der Waals surface area contributed by atoms with Crippen LogP contribution in [0.15, 0.2) is 65.1 Å². The zero-order chi connectivity index (χ0) is 23.2. The molecule has 0 radical (unpaired) electrons. The lowest BCUT2D eigenvalue weighted by molar-refractivity contribution is 0.103. The second kappa shape index (κ2) is 10.5. The molecule has 0 saturated carbocycles. The van der Waals surface area contributed by atoms with Crippen LogP contribution in [0.1, 0.15) is 15.2 Å². The highest BCUT2D eigenvalue weighted by molar-refractivity contribution is 7.20. The summed E-state index contributed by atoms with van der Waals surface area (Å²) in [5.74, 6) is 1.06. The van der Waals surface area contributed by atoms with Crippen molar-refractivity contribution >= 4 is 56.5 Å². The lowest BCUT2D eigenvalue weighted by Crippen LogP contribution is -2.09. The Balaban J connectivity index is 1.57. The van der Waals surface area contributed by atoms with Gasteiger partial charge in [0.25, 0.3) is 5.91 Å². The van der Waals surface area contributed by atoms with Crippen molar-refractivity contribution in [1.29, 1.82) is 0 Å². The minimum Gasteiger partial charge on any atom is -0.493 e. The summed E-state index contributed by atoms with van der Waals surface area (Å²) < 4.78 is 10.6. The minimum absolute atomic E-state index is 0.191. The first kappa shape index (κ1) is 22.8. The van der Waals surface area contributed by atoms with Crippen LogP contribution in [0.25, 0.3) is 11.3 Å². The van der Waals surface area contributed by atoms with Gasteiger partial charge in [0, 0.05) is 10.6 Å². The maximum atomic E-state index is 12.6. The summed E-state index contributed by atoms with van der Waals surface area (Å²) in [6.07, 6.45) is 1.65. The molecule has 0 atom stereocenters. The molecule has 2 heterocycles. The largest absolute Gasteiger partial charge is 0.493 e. The zero-order valence-electron chi connectivity index (χ0n) is 17.7. The molecule has 4 aromatic rings. The number of hydrogen-bond donors (Lipinski definition) is 2. The van der Waals surface area contributed by atoms with E-state index in [0.717, 1.165) is 11.1 Å². The Labute approximate surface area is 203 Å². The molecule has 168 valence electrons. The van der Waals surface area contributed by atoms with E-state index in [1.165, 1.54) is 22.7 Å². The predicted molar refractivity (Wildman–Crippen MR) is 136 cm³/mol. The van der Waals surface area contributed by atoms with E-state index in [2.05, 4.69) is 20.8 Å². The molecule has 0 spiro atoms. The summed E-state index contributed by atoms with van der Waals surface area (Å²) in [7, 11) is 3.17. The van der Waals surface area contributed by atoms with Crippen LogP contribution in [0.4, 0.5) is 10.1 Å². The maximum Gasteiger partial charge on any atom is 0.266 e. The van der Waals surface area contributed by atoms with Gasteiger partial charge in [0.2, 0.25) is 5.13 Å². The minimum atomic E-state index is -0.191. The molecular formula is C23H19ClN4O3S2. The van der Waals surface area contributed by atoms with Crippen LogP contribution in [0.2, 0.25) is 5.02 Å². The third kappa shape index (κ3) is 5.51. The van der Waals surface area contributed by atoms with Gasteiger partial charge in [-0.25, -0.2) is 4.98 Å². The number of carbonyl (C=O) groups excluding carboxylic acids is 1. The van der Waals surface area contributed by atoms with Crippen LogP contribution in [0, 0.1) is 0 Å². The number of hydrazone groups is 1. The Morgan fingerprint density at radius 3 is 2.58 bits per heavy atom. The number of benzene rings is 2. The molecule has 0 unspecified atom stereocenters. The van der Waals surface area contributed by atoms with Crippen LogP contribution in [0.3, 0.4) is 0 Å². The second-order valence-electron chi connectivity index (χ2n) is 6.62. The molecule has 0 aliphatic rings. The molecule has 2 aromatic carbocycles. The number of halogens is 1. The number of thiazole rings is 1. The van der Waals surface area contributed by atoms with Gasteiger partial charge in [-0.1, -0.05) is 41.1 Å². The Bertz CT molecular complexity index is 1270. The lowest BCUT2D eigenvalue weighted by atomic mass is 10.1. The fourth-order valence-corrected chi connectivity index (χ4v) is 4.50. The molecule has 0 aliphatic carbocycles. The summed E-state index contributed by atoms with van der Waals surface area (Å²) in [5, 5.41) is 10.9. The van der Waals surface area contributed by atoms with Crippen molar-refractivity contribution in [2.75, 3.05) is 25.0 Å². The maximum absolute atomic E-state index is 12.6. The van der Waals surface area contributed by atoms with E-state index in [4.69, 9.17) is 21.1 Å². The SMILES string of the molecule is COc1ccc(C=NNc2nc(-c3ccc(Cl)cc3)c(NC(=O)c3cccs3)s2)cc1OC. The predicted octanol–water partition coefficient (Wildman–Crippen LogP) is 6.24. The zero-order valence-corrected chi connectivity index (χ0v) is 20.1. The van der Waals surface area contributed by atoms with Gasteiger partial charge < -0.3 is 14.8 Å². The molecule has 2 N–H and O–H groups in total. The number of anilines is 2. The van der Waals surface area contributed by atoms with Gasteiger partial charge in [-0.2, -0.15) is 5.10 Å². The van der Waals surface area contributed by atoms with Crippen molar-refractivity contribution in [2.24, 2.45) is 5.10 Å². The number of methoxy groups -OCH3 is 2. The number of amides is 1. The quantitative estimate of drug-likeness (QED) is 0.222. The molecule has 1 amide bonds. The topological polar surface area (TPSA) is 84.8 Å². The van der Waals surface area contributed by atoms with E-state index in [-0.39, 0.29) is 5.91 Å². The fraction of sp³-hybridized carbons (Fsp3) is 0.0870. The molecule has 0 fully saturated rings. The van der Waals surface area contributed by atoms with E-state index < -0.39 is 0 Å². The van der Waals surface area contributed by atoms with Crippen LogP contribution in [-0.4, -0.2) is 31.3 Å². The summed E-state index contributed by atoms with van der Waals surface area (Å²) in [5.41, 5.74) is 5.22. The first-order chi connectivity index (χ1) is 16.1. The summed E-state index contributed by atoms with van der Waals surface area (Å²) >= 11 is 8.70. The molecule has 7 nitrogen and oxygen atoms in total. The Morgan fingerprint density at radius 2 is 1.88 bits per heavy atom. The van der Waals surface area contributed by atoms with Gasteiger partial charge in [0.15, 0.2) is 11.5 Å². The van der Waals surface area contributed by atoms with E-state index in [1.807, 2.05) is 35.7 Å². The van der Waals surface area contributed by atoms with Crippen molar-refractivity contribution in [3.05, 3.63) is 75.4 Å². The average Bonchev–Trinajstić information content (AvgIpc) is 3.50. The van der Waals surface area contributed by atoms with Crippen molar-refractivity contribution in [3.8, 4) is 22.8 Å². The third-order valence-electron chi connectivity index (χ3n) is 4.50. The van der Waals surface area contributed by atoms with Crippen LogP contribution in [-0.2, 0) is 0 Å². The normalized spacial score (nSPS) is 10.9. The monoisotopic (exact) mass is 498 g/mol.